The van der Waals surface area contributed by atoms with E-state index in [1.54, 1.807) is 17.9 Å². The van der Waals surface area contributed by atoms with Gasteiger partial charge in [0.1, 0.15) is 12.3 Å². The molecular formula is C17H25F2N3O3. The maximum atomic E-state index is 13.2. The van der Waals surface area contributed by atoms with Crippen LogP contribution in [0.4, 0.5) is 8.78 Å². The number of hydrogen-bond donors (Lipinski definition) is 1. The van der Waals surface area contributed by atoms with Gasteiger partial charge in [0.15, 0.2) is 6.04 Å². The molecule has 1 aliphatic rings. The number of nitrogens with zero attached hydrogens (tertiary/aromatic N) is 3. The highest BCUT2D eigenvalue weighted by Gasteiger charge is 2.32. The monoisotopic (exact) mass is 357 g/mol. The molecule has 1 aromatic heterocycles. The van der Waals surface area contributed by atoms with E-state index < -0.39 is 29.9 Å². The van der Waals surface area contributed by atoms with Gasteiger partial charge >= 0.3 is 5.97 Å². The van der Waals surface area contributed by atoms with Gasteiger partial charge in [-0.2, -0.15) is 5.10 Å². The number of hydrogen-bond acceptors (Lipinski definition) is 4. The van der Waals surface area contributed by atoms with Crippen molar-refractivity contribution in [3.05, 3.63) is 27.7 Å². The average Bonchev–Trinajstić information content (AvgIpc) is 2.84. The molecule has 2 rings (SSSR count). The molecule has 0 bridgehead atoms. The summed E-state index contributed by atoms with van der Waals surface area (Å²) in [5.41, 5.74) is 0.531. The molecule has 0 spiro atoms. The van der Waals surface area contributed by atoms with Crippen molar-refractivity contribution in [3.63, 3.8) is 0 Å². The fourth-order valence-electron chi connectivity index (χ4n) is 3.04. The molecule has 6 nitrogen and oxygen atoms in total. The first-order valence-corrected chi connectivity index (χ1v) is 8.51. The molecule has 1 N–H and O–H groups in total. The Balaban J connectivity index is 2.19. The topological polar surface area (TPSA) is 75.4 Å². The third kappa shape index (κ3) is 4.84. The predicted octanol–water partition coefficient (Wildman–Crippen LogP) is 1.76. The number of likely N-dealkylation sites (tertiary alicyclic amines) is 1. The summed E-state index contributed by atoms with van der Waals surface area (Å²) in [5.74, 6) is -1.01. The molecule has 1 aliphatic heterocycles. The van der Waals surface area contributed by atoms with Crippen LogP contribution in [0.2, 0.25) is 0 Å². The first kappa shape index (κ1) is 19.5. The zero-order chi connectivity index (χ0) is 18.7. The van der Waals surface area contributed by atoms with Crippen molar-refractivity contribution in [1.82, 2.24) is 14.7 Å². The van der Waals surface area contributed by atoms with Crippen molar-refractivity contribution in [2.24, 2.45) is 5.92 Å². The van der Waals surface area contributed by atoms with Gasteiger partial charge in [0.05, 0.1) is 5.69 Å². The largest absolute Gasteiger partial charge is 0.480 e. The normalized spacial score (nSPS) is 22.5. The van der Waals surface area contributed by atoms with Crippen molar-refractivity contribution in [2.75, 3.05) is 19.6 Å². The zero-order valence-corrected chi connectivity index (χ0v) is 14.8. The minimum Gasteiger partial charge on any atom is -0.480 e. The number of aromatic nitrogens is 2. The Morgan fingerprint density at radius 2 is 1.96 bits per heavy atom. The first-order valence-electron chi connectivity index (χ1n) is 8.51. The summed E-state index contributed by atoms with van der Waals surface area (Å²) in [4.78, 5) is 25.6. The van der Waals surface area contributed by atoms with Gasteiger partial charge in [0.2, 0.25) is 0 Å². The molecule has 0 aliphatic carbocycles. The summed E-state index contributed by atoms with van der Waals surface area (Å²) in [5, 5.41) is 13.7. The molecule has 0 aromatic carbocycles. The minimum atomic E-state index is -1.47. The summed E-state index contributed by atoms with van der Waals surface area (Å²) in [6.45, 7) is 5.88. The molecule has 2 heterocycles. The van der Waals surface area contributed by atoms with E-state index in [1.807, 2.05) is 13.8 Å². The van der Waals surface area contributed by atoms with Gasteiger partial charge in [-0.3, -0.25) is 9.69 Å². The molecule has 1 saturated heterocycles. The van der Waals surface area contributed by atoms with Gasteiger partial charge in [-0.25, -0.2) is 18.3 Å². The van der Waals surface area contributed by atoms with Crippen molar-refractivity contribution >= 4 is 5.97 Å². The number of carbonyl (C=O) groups is 1. The molecule has 8 heteroatoms. The SMILES string of the molecule is Cc1cc(CCN2C[C@H](F)[C@@H](F)C2)nn([C@@H](CC(C)C)C(=O)O)c1=O. The summed E-state index contributed by atoms with van der Waals surface area (Å²) in [6, 6.07) is 0.589. The van der Waals surface area contributed by atoms with Crippen LogP contribution in [0.3, 0.4) is 0 Å². The highest BCUT2D eigenvalue weighted by Crippen LogP contribution is 2.18. The molecule has 0 radical (unpaired) electrons. The minimum absolute atomic E-state index is 0.0465. The van der Waals surface area contributed by atoms with Gasteiger partial charge < -0.3 is 5.11 Å². The first-order chi connectivity index (χ1) is 11.7. The zero-order valence-electron chi connectivity index (χ0n) is 14.8. The Hall–Kier alpha value is -1.83. The Labute approximate surface area is 145 Å². The second kappa shape index (κ2) is 8.03. The Kier molecular flexibility index (Phi) is 6.26. The number of carboxylic acids is 1. The lowest BCUT2D eigenvalue weighted by Gasteiger charge is -2.19. The second-order valence-electron chi connectivity index (χ2n) is 7.09. The van der Waals surface area contributed by atoms with E-state index in [-0.39, 0.29) is 19.0 Å². The van der Waals surface area contributed by atoms with Gasteiger partial charge in [0.25, 0.3) is 5.56 Å². The maximum Gasteiger partial charge on any atom is 0.328 e. The van der Waals surface area contributed by atoms with Gasteiger partial charge in [-0.15, -0.1) is 0 Å². The standard InChI is InChI=1S/C17H25F2N3O3/c1-10(2)6-15(17(24)25)22-16(23)11(3)7-12(20-22)4-5-21-8-13(18)14(19)9-21/h7,10,13-15H,4-6,8-9H2,1-3H3,(H,24,25)/t13-,14-,15-/m0/s1. The van der Waals surface area contributed by atoms with Gasteiger partial charge in [-0.1, -0.05) is 13.8 Å². The number of aliphatic carboxylic acids is 1. The third-order valence-electron chi connectivity index (χ3n) is 4.38. The molecule has 0 unspecified atom stereocenters. The van der Waals surface area contributed by atoms with E-state index in [0.29, 0.717) is 30.6 Å². The quantitative estimate of drug-likeness (QED) is 0.805. The van der Waals surface area contributed by atoms with E-state index in [1.165, 1.54) is 0 Å². The molecule has 0 amide bonds. The van der Waals surface area contributed by atoms with Gasteiger partial charge in [0, 0.05) is 31.6 Å². The van der Waals surface area contributed by atoms with Crippen LogP contribution in [0.1, 0.15) is 37.6 Å². The van der Waals surface area contributed by atoms with Crippen molar-refractivity contribution in [3.8, 4) is 0 Å². The molecule has 0 saturated carbocycles. The summed E-state index contributed by atoms with van der Waals surface area (Å²) in [7, 11) is 0. The number of halogens is 2. The molecular weight excluding hydrogens is 332 g/mol. The smallest absolute Gasteiger partial charge is 0.328 e. The van der Waals surface area contributed by atoms with Crippen LogP contribution in [0.15, 0.2) is 10.9 Å². The van der Waals surface area contributed by atoms with Crippen LogP contribution in [0.25, 0.3) is 0 Å². The van der Waals surface area contributed by atoms with Crippen LogP contribution in [-0.4, -0.2) is 57.7 Å². The third-order valence-corrected chi connectivity index (χ3v) is 4.38. The Morgan fingerprint density at radius 1 is 1.36 bits per heavy atom. The molecule has 3 atom stereocenters. The van der Waals surface area contributed by atoms with Crippen LogP contribution >= 0.6 is 0 Å². The summed E-state index contributed by atoms with van der Waals surface area (Å²) >= 11 is 0. The maximum absolute atomic E-state index is 13.2. The van der Waals surface area contributed by atoms with Crippen LogP contribution in [-0.2, 0) is 11.2 Å². The molecule has 25 heavy (non-hydrogen) atoms. The number of rotatable bonds is 7. The number of aryl methyl sites for hydroxylation is 1. The fraction of sp³-hybridized carbons (Fsp3) is 0.706. The lowest BCUT2D eigenvalue weighted by Crippen LogP contribution is -2.35. The van der Waals surface area contributed by atoms with E-state index in [9.17, 15) is 23.5 Å². The van der Waals surface area contributed by atoms with Crippen molar-refractivity contribution < 1.29 is 18.7 Å². The summed E-state index contributed by atoms with van der Waals surface area (Å²) < 4.78 is 27.5. The summed E-state index contributed by atoms with van der Waals surface area (Å²) in [6.07, 6.45) is -2.24. The van der Waals surface area contributed by atoms with E-state index in [4.69, 9.17) is 0 Å². The lowest BCUT2D eigenvalue weighted by atomic mass is 10.0. The van der Waals surface area contributed by atoms with Gasteiger partial charge in [-0.05, 0) is 25.3 Å². The van der Waals surface area contributed by atoms with Crippen LogP contribution < -0.4 is 5.56 Å². The van der Waals surface area contributed by atoms with Crippen LogP contribution in [0.5, 0.6) is 0 Å². The number of carboxylic acid groups (broad SMARTS) is 1. The van der Waals surface area contributed by atoms with Crippen molar-refractivity contribution in [1.29, 1.82) is 0 Å². The van der Waals surface area contributed by atoms with Crippen LogP contribution in [0, 0.1) is 12.8 Å². The Bertz CT molecular complexity index is 668. The molecule has 1 aromatic rings. The van der Waals surface area contributed by atoms with E-state index in [2.05, 4.69) is 5.10 Å². The number of alkyl halides is 2. The highest BCUT2D eigenvalue weighted by molar-refractivity contribution is 5.71. The van der Waals surface area contributed by atoms with E-state index in [0.717, 1.165) is 4.68 Å². The lowest BCUT2D eigenvalue weighted by molar-refractivity contribution is -0.141. The van der Waals surface area contributed by atoms with E-state index >= 15 is 0 Å². The van der Waals surface area contributed by atoms with Crippen molar-refractivity contribution in [2.45, 2.75) is 52.0 Å². The molecule has 1 fully saturated rings. The highest BCUT2D eigenvalue weighted by atomic mass is 19.2. The average molecular weight is 357 g/mol. The second-order valence-corrected chi connectivity index (χ2v) is 7.09. The molecule has 140 valence electrons. The fourth-order valence-corrected chi connectivity index (χ4v) is 3.04. The Morgan fingerprint density at radius 3 is 2.48 bits per heavy atom. The predicted molar refractivity (Wildman–Crippen MR) is 89.3 cm³/mol.